The van der Waals surface area contributed by atoms with Crippen LogP contribution in [0.25, 0.3) is 10.6 Å². The molecule has 88 valence electrons. The molecular weight excluding hydrogens is 304 g/mol. The number of thiazole rings is 1. The SMILES string of the molecule is COC(=O)c1nc(-c2ccc(Br)cc2)sc1N. The van der Waals surface area contributed by atoms with Crippen LogP contribution >= 0.6 is 27.3 Å². The van der Waals surface area contributed by atoms with Gasteiger partial charge in [-0.05, 0) is 12.1 Å². The summed E-state index contributed by atoms with van der Waals surface area (Å²) >= 11 is 4.62. The third kappa shape index (κ3) is 2.48. The van der Waals surface area contributed by atoms with E-state index in [0.717, 1.165) is 10.0 Å². The number of ether oxygens (including phenoxy) is 1. The largest absolute Gasteiger partial charge is 0.464 e. The molecule has 0 amide bonds. The zero-order chi connectivity index (χ0) is 12.4. The van der Waals surface area contributed by atoms with Gasteiger partial charge in [0.1, 0.15) is 10.0 Å². The van der Waals surface area contributed by atoms with E-state index in [1.54, 1.807) is 0 Å². The smallest absolute Gasteiger partial charge is 0.359 e. The lowest BCUT2D eigenvalue weighted by atomic mass is 10.2. The second kappa shape index (κ2) is 4.85. The summed E-state index contributed by atoms with van der Waals surface area (Å²) in [6.45, 7) is 0. The maximum absolute atomic E-state index is 11.4. The van der Waals surface area contributed by atoms with E-state index < -0.39 is 5.97 Å². The number of hydrogen-bond acceptors (Lipinski definition) is 5. The first-order valence-electron chi connectivity index (χ1n) is 4.72. The van der Waals surface area contributed by atoms with E-state index in [4.69, 9.17) is 5.73 Å². The number of anilines is 1. The molecule has 17 heavy (non-hydrogen) atoms. The van der Waals surface area contributed by atoms with Gasteiger partial charge in [0.05, 0.1) is 7.11 Å². The van der Waals surface area contributed by atoms with Crippen LogP contribution in [0.5, 0.6) is 0 Å². The van der Waals surface area contributed by atoms with Gasteiger partial charge in [0.2, 0.25) is 0 Å². The highest BCUT2D eigenvalue weighted by atomic mass is 79.9. The predicted molar refractivity (Wildman–Crippen MR) is 71.0 cm³/mol. The van der Waals surface area contributed by atoms with Crippen molar-refractivity contribution in [3.8, 4) is 10.6 Å². The normalized spacial score (nSPS) is 10.2. The number of rotatable bonds is 2. The molecule has 0 unspecified atom stereocenters. The molecular formula is C11H9BrN2O2S. The summed E-state index contributed by atoms with van der Waals surface area (Å²) in [5.74, 6) is -0.512. The predicted octanol–water partition coefficient (Wildman–Crippen LogP) is 2.94. The number of benzene rings is 1. The quantitative estimate of drug-likeness (QED) is 0.866. The first-order valence-corrected chi connectivity index (χ1v) is 6.33. The maximum Gasteiger partial charge on any atom is 0.359 e. The van der Waals surface area contributed by atoms with Crippen molar-refractivity contribution >= 4 is 38.2 Å². The van der Waals surface area contributed by atoms with Crippen molar-refractivity contribution in [2.24, 2.45) is 0 Å². The number of methoxy groups -OCH3 is 1. The Morgan fingerprint density at radius 2 is 2.06 bits per heavy atom. The van der Waals surface area contributed by atoms with Crippen molar-refractivity contribution in [3.63, 3.8) is 0 Å². The highest BCUT2D eigenvalue weighted by Gasteiger charge is 2.17. The number of nitrogen functional groups attached to an aromatic ring is 1. The molecule has 1 heterocycles. The highest BCUT2D eigenvalue weighted by Crippen LogP contribution is 2.30. The van der Waals surface area contributed by atoms with Gasteiger partial charge in [-0.3, -0.25) is 0 Å². The molecule has 0 atom stereocenters. The standard InChI is InChI=1S/C11H9BrN2O2S/c1-16-11(15)8-9(13)17-10(14-8)6-2-4-7(12)5-3-6/h2-5H,13H2,1H3. The van der Waals surface area contributed by atoms with Crippen LogP contribution in [-0.4, -0.2) is 18.1 Å². The first kappa shape index (κ1) is 12.1. The Balaban J connectivity index is 2.41. The van der Waals surface area contributed by atoms with Gasteiger partial charge in [0, 0.05) is 10.0 Å². The van der Waals surface area contributed by atoms with Crippen LogP contribution in [0.15, 0.2) is 28.7 Å². The molecule has 0 bridgehead atoms. The van der Waals surface area contributed by atoms with Crippen LogP contribution in [-0.2, 0) is 4.74 Å². The fourth-order valence-corrected chi connectivity index (χ4v) is 2.38. The molecule has 0 aliphatic heterocycles. The van der Waals surface area contributed by atoms with E-state index in [1.165, 1.54) is 18.4 Å². The lowest BCUT2D eigenvalue weighted by Gasteiger charge is -1.95. The van der Waals surface area contributed by atoms with Gasteiger partial charge in [0.15, 0.2) is 5.69 Å². The van der Waals surface area contributed by atoms with Crippen molar-refractivity contribution in [1.29, 1.82) is 0 Å². The molecule has 4 nitrogen and oxygen atoms in total. The Morgan fingerprint density at radius 1 is 1.41 bits per heavy atom. The van der Waals surface area contributed by atoms with E-state index in [0.29, 0.717) is 10.0 Å². The Hall–Kier alpha value is -1.40. The molecule has 0 spiro atoms. The number of esters is 1. The molecule has 0 aliphatic rings. The fourth-order valence-electron chi connectivity index (χ4n) is 1.29. The number of nitrogens with zero attached hydrogens (tertiary/aromatic N) is 1. The molecule has 0 fully saturated rings. The van der Waals surface area contributed by atoms with Crippen LogP contribution in [0.2, 0.25) is 0 Å². The number of carbonyl (C=O) groups excluding carboxylic acids is 1. The number of aromatic nitrogens is 1. The minimum atomic E-state index is -0.512. The van der Waals surface area contributed by atoms with Crippen molar-refractivity contribution in [1.82, 2.24) is 4.98 Å². The molecule has 1 aromatic heterocycles. The van der Waals surface area contributed by atoms with Crippen LogP contribution in [0, 0.1) is 0 Å². The summed E-state index contributed by atoms with van der Waals surface area (Å²) < 4.78 is 5.59. The maximum atomic E-state index is 11.4. The number of nitrogens with two attached hydrogens (primary N) is 1. The highest BCUT2D eigenvalue weighted by molar-refractivity contribution is 9.10. The van der Waals surface area contributed by atoms with Crippen LogP contribution in [0.3, 0.4) is 0 Å². The molecule has 2 aromatic rings. The topological polar surface area (TPSA) is 65.2 Å². The van der Waals surface area contributed by atoms with E-state index >= 15 is 0 Å². The summed E-state index contributed by atoms with van der Waals surface area (Å²) in [6.07, 6.45) is 0. The average molecular weight is 313 g/mol. The minimum absolute atomic E-state index is 0.176. The van der Waals surface area contributed by atoms with Crippen LogP contribution in [0.1, 0.15) is 10.5 Å². The summed E-state index contributed by atoms with van der Waals surface area (Å²) in [6, 6.07) is 7.63. The molecule has 6 heteroatoms. The summed E-state index contributed by atoms with van der Waals surface area (Å²) in [7, 11) is 1.31. The lowest BCUT2D eigenvalue weighted by molar-refractivity contribution is 0.0596. The van der Waals surface area contributed by atoms with Gasteiger partial charge in [0.25, 0.3) is 0 Å². The molecule has 0 saturated heterocycles. The zero-order valence-corrected chi connectivity index (χ0v) is 11.3. The number of halogens is 1. The van der Waals surface area contributed by atoms with Gasteiger partial charge in [-0.2, -0.15) is 0 Å². The van der Waals surface area contributed by atoms with Crippen molar-refractivity contribution in [2.75, 3.05) is 12.8 Å². The molecule has 2 rings (SSSR count). The van der Waals surface area contributed by atoms with Gasteiger partial charge in [-0.1, -0.05) is 39.4 Å². The third-order valence-electron chi connectivity index (χ3n) is 2.12. The Labute approximate surface area is 111 Å². The second-order valence-corrected chi connectivity index (χ2v) is 5.18. The van der Waals surface area contributed by atoms with Gasteiger partial charge in [-0.25, -0.2) is 9.78 Å². The number of hydrogen-bond donors (Lipinski definition) is 1. The molecule has 0 radical (unpaired) electrons. The summed E-state index contributed by atoms with van der Waals surface area (Å²) in [5.41, 5.74) is 6.82. The van der Waals surface area contributed by atoms with E-state index in [-0.39, 0.29) is 5.69 Å². The van der Waals surface area contributed by atoms with E-state index in [9.17, 15) is 4.79 Å². The minimum Gasteiger partial charge on any atom is -0.464 e. The first-order chi connectivity index (χ1) is 8.11. The van der Waals surface area contributed by atoms with Crippen molar-refractivity contribution in [3.05, 3.63) is 34.4 Å². The van der Waals surface area contributed by atoms with Crippen LogP contribution in [0.4, 0.5) is 5.00 Å². The third-order valence-corrected chi connectivity index (χ3v) is 3.59. The van der Waals surface area contributed by atoms with Crippen molar-refractivity contribution < 1.29 is 9.53 Å². The number of carbonyl (C=O) groups is 1. The molecule has 2 N–H and O–H groups in total. The van der Waals surface area contributed by atoms with Gasteiger partial charge < -0.3 is 10.5 Å². The summed E-state index contributed by atoms with van der Waals surface area (Å²) in [5, 5.41) is 1.07. The molecule has 0 saturated carbocycles. The molecule has 1 aromatic carbocycles. The van der Waals surface area contributed by atoms with E-state index in [2.05, 4.69) is 25.7 Å². The van der Waals surface area contributed by atoms with Gasteiger partial charge >= 0.3 is 5.97 Å². The molecule has 0 aliphatic carbocycles. The fraction of sp³-hybridized carbons (Fsp3) is 0.0909. The second-order valence-electron chi connectivity index (χ2n) is 3.23. The Bertz CT molecular complexity index is 551. The van der Waals surface area contributed by atoms with Gasteiger partial charge in [-0.15, -0.1) is 0 Å². The Kier molecular flexibility index (Phi) is 3.44. The van der Waals surface area contributed by atoms with Crippen molar-refractivity contribution in [2.45, 2.75) is 0 Å². The summed E-state index contributed by atoms with van der Waals surface area (Å²) in [4.78, 5) is 15.6. The average Bonchev–Trinajstić information content (AvgIpc) is 2.71. The van der Waals surface area contributed by atoms with Crippen LogP contribution < -0.4 is 5.73 Å². The Morgan fingerprint density at radius 3 is 2.65 bits per heavy atom. The van der Waals surface area contributed by atoms with E-state index in [1.807, 2.05) is 24.3 Å². The monoisotopic (exact) mass is 312 g/mol. The zero-order valence-electron chi connectivity index (χ0n) is 8.94. The lowest BCUT2D eigenvalue weighted by Crippen LogP contribution is -2.04.